The summed E-state index contributed by atoms with van der Waals surface area (Å²) in [6, 6.07) is 8.31. The molecule has 2 rings (SSSR count). The first kappa shape index (κ1) is 13.4. The first-order chi connectivity index (χ1) is 8.68. The minimum Gasteiger partial charge on any atom is -0.494 e. The molecule has 0 unspecified atom stereocenters. The molecule has 0 aliphatic heterocycles. The highest BCUT2D eigenvalue weighted by molar-refractivity contribution is 5.33. The summed E-state index contributed by atoms with van der Waals surface area (Å²) in [4.78, 5) is 0. The van der Waals surface area contributed by atoms with Gasteiger partial charge >= 0.3 is 0 Å². The van der Waals surface area contributed by atoms with Crippen molar-refractivity contribution in [2.75, 3.05) is 13.2 Å². The number of rotatable bonds is 7. The molecule has 0 atom stereocenters. The van der Waals surface area contributed by atoms with Gasteiger partial charge in [0.2, 0.25) is 0 Å². The molecule has 0 spiro atoms. The zero-order valence-corrected chi connectivity index (χ0v) is 11.8. The Hall–Kier alpha value is -1.02. The van der Waals surface area contributed by atoms with E-state index in [9.17, 15) is 0 Å². The molecular weight excluding hydrogens is 222 g/mol. The van der Waals surface area contributed by atoms with Gasteiger partial charge in [-0.1, -0.05) is 32.0 Å². The van der Waals surface area contributed by atoms with Crippen molar-refractivity contribution in [3.63, 3.8) is 0 Å². The van der Waals surface area contributed by atoms with Crippen LogP contribution in [-0.4, -0.2) is 13.2 Å². The summed E-state index contributed by atoms with van der Waals surface area (Å²) >= 11 is 0. The summed E-state index contributed by atoms with van der Waals surface area (Å²) in [6.07, 6.45) is 2.76. The number of hydrogen-bond donors (Lipinski definition) is 1. The summed E-state index contributed by atoms with van der Waals surface area (Å²) < 4.78 is 5.64. The number of nitrogens with one attached hydrogen (secondary N) is 1. The van der Waals surface area contributed by atoms with Gasteiger partial charge in [0.05, 0.1) is 6.61 Å². The van der Waals surface area contributed by atoms with Crippen molar-refractivity contribution in [3.8, 4) is 5.75 Å². The van der Waals surface area contributed by atoms with E-state index in [1.54, 1.807) is 0 Å². The molecule has 0 saturated heterocycles. The molecule has 1 aromatic rings. The van der Waals surface area contributed by atoms with Gasteiger partial charge in [-0.15, -0.1) is 0 Å². The highest BCUT2D eigenvalue weighted by Crippen LogP contribution is 2.51. The van der Waals surface area contributed by atoms with Crippen LogP contribution >= 0.6 is 0 Å². The quantitative estimate of drug-likeness (QED) is 0.794. The van der Waals surface area contributed by atoms with Crippen molar-refractivity contribution in [2.24, 2.45) is 11.3 Å². The van der Waals surface area contributed by atoms with Crippen molar-refractivity contribution in [2.45, 2.75) is 40.2 Å². The number of ether oxygens (including phenoxy) is 1. The van der Waals surface area contributed by atoms with Crippen molar-refractivity contribution < 1.29 is 4.74 Å². The lowest BCUT2D eigenvalue weighted by molar-refractivity contribution is 0.325. The first-order valence-corrected chi connectivity index (χ1v) is 7.09. The zero-order chi connectivity index (χ0) is 13.0. The molecule has 1 aromatic carbocycles. The molecule has 2 heteroatoms. The van der Waals surface area contributed by atoms with E-state index in [0.717, 1.165) is 31.4 Å². The molecule has 0 amide bonds. The summed E-state index contributed by atoms with van der Waals surface area (Å²) in [5.74, 6) is 1.80. The van der Waals surface area contributed by atoms with Crippen LogP contribution in [0.1, 0.15) is 39.2 Å². The Bertz CT molecular complexity index is 382. The second-order valence-electron chi connectivity index (χ2n) is 5.66. The van der Waals surface area contributed by atoms with Gasteiger partial charge in [-0.25, -0.2) is 0 Å². The average Bonchev–Trinajstić information content (AvgIpc) is 3.13. The molecule has 1 saturated carbocycles. The van der Waals surface area contributed by atoms with Crippen molar-refractivity contribution in [1.29, 1.82) is 0 Å². The molecule has 1 aliphatic rings. The summed E-state index contributed by atoms with van der Waals surface area (Å²) in [6.45, 7) is 9.47. The van der Waals surface area contributed by atoms with Crippen LogP contribution in [0.3, 0.4) is 0 Å². The molecule has 0 heterocycles. The van der Waals surface area contributed by atoms with E-state index >= 15 is 0 Å². The number of hydrogen-bond acceptors (Lipinski definition) is 2. The molecule has 1 fully saturated rings. The van der Waals surface area contributed by atoms with Gasteiger partial charge < -0.3 is 10.1 Å². The van der Waals surface area contributed by atoms with Crippen molar-refractivity contribution >= 4 is 0 Å². The Morgan fingerprint density at radius 2 is 2.00 bits per heavy atom. The molecular formula is C16H25NO. The van der Waals surface area contributed by atoms with Gasteiger partial charge in [0.1, 0.15) is 5.75 Å². The van der Waals surface area contributed by atoms with Crippen molar-refractivity contribution in [3.05, 3.63) is 29.8 Å². The molecule has 100 valence electrons. The largest absolute Gasteiger partial charge is 0.494 e. The maximum Gasteiger partial charge on any atom is 0.123 e. The van der Waals surface area contributed by atoms with Crippen LogP contribution < -0.4 is 10.1 Å². The van der Waals surface area contributed by atoms with E-state index in [-0.39, 0.29) is 0 Å². The Kier molecular flexibility index (Phi) is 4.28. The highest BCUT2D eigenvalue weighted by Gasteiger charge is 2.44. The third-order valence-corrected chi connectivity index (χ3v) is 4.18. The fourth-order valence-corrected chi connectivity index (χ4v) is 2.51. The van der Waals surface area contributed by atoms with Crippen molar-refractivity contribution in [1.82, 2.24) is 5.32 Å². The third-order valence-electron chi connectivity index (χ3n) is 4.18. The van der Waals surface area contributed by atoms with Crippen LogP contribution in [0.2, 0.25) is 0 Å². The van der Waals surface area contributed by atoms with Gasteiger partial charge in [-0.2, -0.15) is 0 Å². The Balaban J connectivity index is 1.87. The van der Waals surface area contributed by atoms with E-state index in [1.807, 2.05) is 13.0 Å². The van der Waals surface area contributed by atoms with E-state index in [0.29, 0.717) is 5.41 Å². The maximum absolute atomic E-state index is 5.64. The molecule has 18 heavy (non-hydrogen) atoms. The zero-order valence-electron chi connectivity index (χ0n) is 11.8. The first-order valence-electron chi connectivity index (χ1n) is 7.09. The second-order valence-corrected chi connectivity index (χ2v) is 5.66. The van der Waals surface area contributed by atoms with E-state index in [1.165, 1.54) is 18.4 Å². The molecule has 1 aliphatic carbocycles. The molecule has 0 aromatic heterocycles. The Morgan fingerprint density at radius 3 is 2.61 bits per heavy atom. The highest BCUT2D eigenvalue weighted by atomic mass is 16.5. The Morgan fingerprint density at radius 1 is 1.28 bits per heavy atom. The summed E-state index contributed by atoms with van der Waals surface area (Å²) in [5.41, 5.74) is 1.83. The lowest BCUT2D eigenvalue weighted by atomic mass is 9.92. The van der Waals surface area contributed by atoms with E-state index < -0.39 is 0 Å². The summed E-state index contributed by atoms with van der Waals surface area (Å²) in [7, 11) is 0. The molecule has 2 nitrogen and oxygen atoms in total. The third kappa shape index (κ3) is 3.05. The van der Waals surface area contributed by atoms with Crippen LogP contribution in [0.25, 0.3) is 0 Å². The van der Waals surface area contributed by atoms with Crippen LogP contribution in [0.15, 0.2) is 24.3 Å². The lowest BCUT2D eigenvalue weighted by Gasteiger charge is -2.20. The van der Waals surface area contributed by atoms with Gasteiger partial charge in [-0.3, -0.25) is 0 Å². The van der Waals surface area contributed by atoms with Crippen LogP contribution in [-0.2, 0) is 6.54 Å². The predicted octanol–water partition coefficient (Wildman–Crippen LogP) is 3.61. The lowest BCUT2D eigenvalue weighted by Crippen LogP contribution is -2.27. The van der Waals surface area contributed by atoms with E-state index in [4.69, 9.17) is 4.74 Å². The standard InChI is InChI=1S/C16H25NO/c1-4-18-15-8-6-5-7-14(15)11-17-12-16(9-10-16)13(2)3/h5-8,13,17H,4,9-12H2,1-3H3. The summed E-state index contributed by atoms with van der Waals surface area (Å²) in [5, 5.41) is 3.60. The van der Waals surface area contributed by atoms with Gasteiger partial charge in [0.15, 0.2) is 0 Å². The number of para-hydroxylation sites is 1. The monoisotopic (exact) mass is 247 g/mol. The number of benzene rings is 1. The van der Waals surface area contributed by atoms with Gasteiger partial charge in [-0.05, 0) is 37.2 Å². The van der Waals surface area contributed by atoms with Crippen LogP contribution in [0.5, 0.6) is 5.75 Å². The molecule has 1 N–H and O–H groups in total. The van der Waals surface area contributed by atoms with Gasteiger partial charge in [0.25, 0.3) is 0 Å². The van der Waals surface area contributed by atoms with Crippen LogP contribution in [0, 0.1) is 11.3 Å². The average molecular weight is 247 g/mol. The fraction of sp³-hybridized carbons (Fsp3) is 0.625. The minimum absolute atomic E-state index is 0.570. The maximum atomic E-state index is 5.64. The van der Waals surface area contributed by atoms with E-state index in [2.05, 4.69) is 37.4 Å². The molecule has 0 radical (unpaired) electrons. The predicted molar refractivity (Wildman–Crippen MR) is 75.8 cm³/mol. The van der Waals surface area contributed by atoms with Crippen LogP contribution in [0.4, 0.5) is 0 Å². The second kappa shape index (κ2) is 5.75. The Labute approximate surface area is 111 Å². The molecule has 0 bridgehead atoms. The van der Waals surface area contributed by atoms with Gasteiger partial charge in [0, 0.05) is 18.7 Å². The smallest absolute Gasteiger partial charge is 0.123 e. The SMILES string of the molecule is CCOc1ccccc1CNCC1(C(C)C)CC1. The minimum atomic E-state index is 0.570. The fourth-order valence-electron chi connectivity index (χ4n) is 2.51. The normalized spacial score (nSPS) is 16.9. The topological polar surface area (TPSA) is 21.3 Å².